The first kappa shape index (κ1) is 14.8. The SMILES string of the molecule is CC[CH]n1c([N+](=O)[O-])cnc1C=Cc1ccc(OC)cc1. The Labute approximate surface area is 122 Å². The van der Waals surface area contributed by atoms with E-state index in [1.54, 1.807) is 19.7 Å². The molecule has 1 heterocycles. The van der Waals surface area contributed by atoms with Crippen molar-refractivity contribution >= 4 is 18.0 Å². The zero-order chi connectivity index (χ0) is 15.2. The lowest BCUT2D eigenvalue weighted by Gasteiger charge is -2.00. The molecule has 0 aliphatic heterocycles. The number of nitrogens with zero attached hydrogens (tertiary/aromatic N) is 3. The maximum Gasteiger partial charge on any atom is 0.343 e. The fourth-order valence-electron chi connectivity index (χ4n) is 1.88. The van der Waals surface area contributed by atoms with Crippen LogP contribution in [0.1, 0.15) is 24.7 Å². The minimum Gasteiger partial charge on any atom is -0.497 e. The highest BCUT2D eigenvalue weighted by atomic mass is 16.6. The molecule has 0 bridgehead atoms. The molecule has 6 heteroatoms. The normalized spacial score (nSPS) is 11.0. The molecule has 0 fully saturated rings. The van der Waals surface area contributed by atoms with Gasteiger partial charge in [0.2, 0.25) is 5.82 Å². The van der Waals surface area contributed by atoms with Crippen LogP contribution in [-0.2, 0) is 0 Å². The number of benzene rings is 1. The van der Waals surface area contributed by atoms with Gasteiger partial charge in [-0.2, -0.15) is 4.57 Å². The summed E-state index contributed by atoms with van der Waals surface area (Å²) in [7, 11) is 1.61. The van der Waals surface area contributed by atoms with Gasteiger partial charge in [0.1, 0.15) is 18.5 Å². The molecule has 0 N–H and O–H groups in total. The third kappa shape index (κ3) is 3.47. The van der Waals surface area contributed by atoms with Gasteiger partial charge in [0.25, 0.3) is 0 Å². The van der Waals surface area contributed by atoms with Gasteiger partial charge in [-0.3, -0.25) is 0 Å². The van der Waals surface area contributed by atoms with Crippen LogP contribution in [-0.4, -0.2) is 21.6 Å². The molecule has 0 unspecified atom stereocenters. The Morgan fingerprint density at radius 3 is 2.62 bits per heavy atom. The topological polar surface area (TPSA) is 70.2 Å². The summed E-state index contributed by atoms with van der Waals surface area (Å²) < 4.78 is 6.58. The van der Waals surface area contributed by atoms with Crippen molar-refractivity contribution in [1.82, 2.24) is 9.55 Å². The number of hydrogen-bond acceptors (Lipinski definition) is 4. The van der Waals surface area contributed by atoms with Gasteiger partial charge >= 0.3 is 5.82 Å². The van der Waals surface area contributed by atoms with Crippen molar-refractivity contribution in [3.8, 4) is 5.75 Å². The van der Waals surface area contributed by atoms with Crippen molar-refractivity contribution in [2.75, 3.05) is 7.11 Å². The van der Waals surface area contributed by atoms with Crippen LogP contribution in [0.2, 0.25) is 0 Å². The van der Waals surface area contributed by atoms with E-state index in [0.717, 1.165) is 11.3 Å². The van der Waals surface area contributed by atoms with Crippen LogP contribution in [0.3, 0.4) is 0 Å². The number of aromatic nitrogens is 2. The van der Waals surface area contributed by atoms with Gasteiger partial charge in [-0.1, -0.05) is 19.1 Å². The molecule has 0 aliphatic carbocycles. The molecule has 2 aromatic rings. The first-order chi connectivity index (χ1) is 10.2. The molecule has 109 valence electrons. The summed E-state index contributed by atoms with van der Waals surface area (Å²) in [4.78, 5) is 14.6. The minimum absolute atomic E-state index is 0.0359. The number of hydrogen-bond donors (Lipinski definition) is 0. The Kier molecular flexibility index (Phi) is 4.71. The molecule has 0 atom stereocenters. The third-order valence-corrected chi connectivity index (χ3v) is 2.90. The monoisotopic (exact) mass is 286 g/mol. The number of rotatable bonds is 6. The second-order valence-corrected chi connectivity index (χ2v) is 4.30. The zero-order valence-electron chi connectivity index (χ0n) is 11.9. The van der Waals surface area contributed by atoms with Crippen LogP contribution < -0.4 is 4.74 Å². The van der Waals surface area contributed by atoms with Crippen LogP contribution in [0.4, 0.5) is 5.82 Å². The third-order valence-electron chi connectivity index (χ3n) is 2.90. The van der Waals surface area contributed by atoms with Gasteiger partial charge < -0.3 is 14.9 Å². The van der Waals surface area contributed by atoms with Crippen molar-refractivity contribution in [1.29, 1.82) is 0 Å². The Bertz CT molecular complexity index is 645. The molecular weight excluding hydrogens is 270 g/mol. The van der Waals surface area contributed by atoms with Crippen molar-refractivity contribution in [2.24, 2.45) is 0 Å². The molecule has 0 aliphatic rings. The fraction of sp³-hybridized carbons (Fsp3) is 0.200. The summed E-state index contributed by atoms with van der Waals surface area (Å²) in [6.07, 6.45) is 5.55. The number of nitro groups is 1. The van der Waals surface area contributed by atoms with Crippen LogP contribution in [0.5, 0.6) is 5.75 Å². The van der Waals surface area contributed by atoms with E-state index in [1.807, 2.05) is 37.3 Å². The summed E-state index contributed by atoms with van der Waals surface area (Å²) in [5.41, 5.74) is 0.963. The van der Waals surface area contributed by atoms with Gasteiger partial charge in [0.05, 0.1) is 7.11 Å². The van der Waals surface area contributed by atoms with Crippen LogP contribution >= 0.6 is 0 Å². The lowest BCUT2D eigenvalue weighted by atomic mass is 10.2. The van der Waals surface area contributed by atoms with Gasteiger partial charge in [0, 0.05) is 6.08 Å². The number of ether oxygens (including phenoxy) is 1. The van der Waals surface area contributed by atoms with E-state index in [-0.39, 0.29) is 5.82 Å². The Hall–Kier alpha value is -2.63. The minimum atomic E-state index is -0.441. The van der Waals surface area contributed by atoms with Crippen LogP contribution in [0, 0.1) is 16.7 Å². The van der Waals surface area contributed by atoms with Crippen LogP contribution in [0.25, 0.3) is 12.2 Å². The fourth-order valence-corrected chi connectivity index (χ4v) is 1.88. The van der Waals surface area contributed by atoms with E-state index in [0.29, 0.717) is 12.2 Å². The highest BCUT2D eigenvalue weighted by molar-refractivity contribution is 5.67. The Balaban J connectivity index is 2.25. The van der Waals surface area contributed by atoms with Gasteiger partial charge in [-0.25, -0.2) is 4.98 Å². The van der Waals surface area contributed by atoms with Gasteiger partial charge in [-0.15, -0.1) is 0 Å². The summed E-state index contributed by atoms with van der Waals surface area (Å²) in [5.74, 6) is 1.27. The van der Waals surface area contributed by atoms with Gasteiger partial charge in [-0.05, 0) is 35.1 Å². The van der Waals surface area contributed by atoms with E-state index < -0.39 is 4.92 Å². The van der Waals surface area contributed by atoms with Crippen molar-refractivity contribution in [2.45, 2.75) is 13.3 Å². The smallest absolute Gasteiger partial charge is 0.343 e. The van der Waals surface area contributed by atoms with Crippen LogP contribution in [0.15, 0.2) is 30.5 Å². The average molecular weight is 286 g/mol. The highest BCUT2D eigenvalue weighted by Gasteiger charge is 2.17. The molecule has 2 rings (SSSR count). The number of imidazole rings is 1. The van der Waals surface area contributed by atoms with Crippen molar-refractivity contribution in [3.63, 3.8) is 0 Å². The quantitative estimate of drug-likeness (QED) is 0.603. The molecule has 0 spiro atoms. The maximum atomic E-state index is 10.9. The predicted molar refractivity (Wildman–Crippen MR) is 80.8 cm³/mol. The molecule has 1 aromatic carbocycles. The molecule has 0 saturated heterocycles. The Morgan fingerprint density at radius 1 is 1.33 bits per heavy atom. The molecule has 6 nitrogen and oxygen atoms in total. The maximum absolute atomic E-state index is 10.9. The van der Waals surface area contributed by atoms with Gasteiger partial charge in [0.15, 0.2) is 0 Å². The molecule has 21 heavy (non-hydrogen) atoms. The van der Waals surface area contributed by atoms with E-state index in [9.17, 15) is 10.1 Å². The molecule has 1 aromatic heterocycles. The first-order valence-corrected chi connectivity index (χ1v) is 6.52. The number of methoxy groups -OCH3 is 1. The van der Waals surface area contributed by atoms with E-state index >= 15 is 0 Å². The second kappa shape index (κ2) is 6.69. The highest BCUT2D eigenvalue weighted by Crippen LogP contribution is 2.18. The van der Waals surface area contributed by atoms with E-state index in [1.165, 1.54) is 10.8 Å². The van der Waals surface area contributed by atoms with E-state index in [2.05, 4.69) is 4.98 Å². The lowest BCUT2D eigenvalue weighted by molar-refractivity contribution is -0.391. The summed E-state index contributed by atoms with van der Waals surface area (Å²) >= 11 is 0. The molecule has 0 amide bonds. The summed E-state index contributed by atoms with van der Waals surface area (Å²) in [6, 6.07) is 7.51. The van der Waals surface area contributed by atoms with E-state index in [4.69, 9.17) is 4.74 Å². The summed E-state index contributed by atoms with van der Waals surface area (Å²) in [6.45, 7) is 3.65. The molecule has 1 radical (unpaired) electrons. The van der Waals surface area contributed by atoms with Crippen molar-refractivity contribution in [3.05, 3.63) is 58.5 Å². The predicted octanol–water partition coefficient (Wildman–Crippen LogP) is 3.39. The summed E-state index contributed by atoms with van der Waals surface area (Å²) in [5, 5.41) is 10.9. The first-order valence-electron chi connectivity index (χ1n) is 6.52. The zero-order valence-corrected chi connectivity index (χ0v) is 11.9. The lowest BCUT2D eigenvalue weighted by Crippen LogP contribution is -2.02. The Morgan fingerprint density at radius 2 is 2.05 bits per heavy atom. The molecule has 0 saturated carbocycles. The average Bonchev–Trinajstić information content (AvgIpc) is 2.89. The largest absolute Gasteiger partial charge is 0.497 e. The molecular formula is C15H16N3O3. The van der Waals surface area contributed by atoms with Crippen molar-refractivity contribution < 1.29 is 9.66 Å². The second-order valence-electron chi connectivity index (χ2n) is 4.30. The standard InChI is InChI=1S/C15H16N3O3/c1-3-10-17-14(16-11-15(17)18(19)20)9-6-12-4-7-13(21-2)8-5-12/h4-11H,3H2,1-2H3.